The fourth-order valence-corrected chi connectivity index (χ4v) is 2.60. The van der Waals surface area contributed by atoms with Gasteiger partial charge in [0.05, 0.1) is 18.7 Å². The number of likely N-dealkylation sites (N-methyl/N-ethyl adjacent to an activating group) is 1. The summed E-state index contributed by atoms with van der Waals surface area (Å²) in [7, 11) is 1.42. The zero-order chi connectivity index (χ0) is 22.3. The fraction of sp³-hybridized carbons (Fsp3) is 0.286. The molecule has 0 saturated heterocycles. The minimum absolute atomic E-state index is 0.124. The van der Waals surface area contributed by atoms with Crippen molar-refractivity contribution in [3.8, 4) is 5.75 Å². The van der Waals surface area contributed by atoms with Gasteiger partial charge in [0.2, 0.25) is 11.8 Å². The zero-order valence-corrected chi connectivity index (χ0v) is 16.9. The van der Waals surface area contributed by atoms with E-state index in [4.69, 9.17) is 0 Å². The van der Waals surface area contributed by atoms with Gasteiger partial charge in [-0.25, -0.2) is 0 Å². The lowest BCUT2D eigenvalue weighted by Crippen LogP contribution is -2.41. The molecule has 0 bridgehead atoms. The van der Waals surface area contributed by atoms with E-state index >= 15 is 0 Å². The highest BCUT2D eigenvalue weighted by Gasteiger charge is 2.18. The Kier molecular flexibility index (Phi) is 7.85. The standard InChI is InChI=1S/C21H23F2N3O4/c1-13-8-9-14(2)16(10-13)25-18(27)12-26(3)19(28)11-24-20(29)15-6-4-5-7-17(15)30-21(22)23/h4-10,21H,11-12H2,1-3H3,(H,24,29)(H,25,27). The third kappa shape index (κ3) is 6.54. The molecule has 0 heterocycles. The number of para-hydroxylation sites is 1. The highest BCUT2D eigenvalue weighted by Crippen LogP contribution is 2.20. The van der Waals surface area contributed by atoms with Crippen LogP contribution in [0.1, 0.15) is 21.5 Å². The molecule has 0 aliphatic rings. The Bertz CT molecular complexity index is 934. The van der Waals surface area contributed by atoms with Crippen LogP contribution in [0, 0.1) is 13.8 Å². The summed E-state index contributed by atoms with van der Waals surface area (Å²) < 4.78 is 29.2. The molecular weight excluding hydrogens is 396 g/mol. The largest absolute Gasteiger partial charge is 0.434 e. The molecule has 0 spiro atoms. The van der Waals surface area contributed by atoms with Crippen molar-refractivity contribution in [3.63, 3.8) is 0 Å². The number of nitrogens with one attached hydrogen (secondary N) is 2. The average Bonchev–Trinajstić information content (AvgIpc) is 2.68. The summed E-state index contributed by atoms with van der Waals surface area (Å²) in [6, 6.07) is 11.1. The van der Waals surface area contributed by atoms with Gasteiger partial charge in [0, 0.05) is 12.7 Å². The molecule has 2 aromatic carbocycles. The van der Waals surface area contributed by atoms with Crippen molar-refractivity contribution in [2.24, 2.45) is 0 Å². The Morgan fingerprint density at radius 2 is 1.80 bits per heavy atom. The van der Waals surface area contributed by atoms with E-state index in [0.29, 0.717) is 5.69 Å². The van der Waals surface area contributed by atoms with E-state index in [-0.39, 0.29) is 23.8 Å². The number of benzene rings is 2. The monoisotopic (exact) mass is 419 g/mol. The van der Waals surface area contributed by atoms with Crippen LogP contribution in [0.4, 0.5) is 14.5 Å². The summed E-state index contributed by atoms with van der Waals surface area (Å²) in [4.78, 5) is 37.8. The smallest absolute Gasteiger partial charge is 0.387 e. The van der Waals surface area contributed by atoms with Gasteiger partial charge < -0.3 is 20.3 Å². The Labute approximate surface area is 173 Å². The Balaban J connectivity index is 1.89. The van der Waals surface area contributed by atoms with Crippen LogP contribution < -0.4 is 15.4 Å². The van der Waals surface area contributed by atoms with Gasteiger partial charge in [-0.05, 0) is 43.2 Å². The quantitative estimate of drug-likeness (QED) is 0.689. The maximum Gasteiger partial charge on any atom is 0.387 e. The number of carbonyl (C=O) groups is 3. The van der Waals surface area contributed by atoms with E-state index in [1.165, 1.54) is 31.3 Å². The lowest BCUT2D eigenvalue weighted by Gasteiger charge is -2.18. The van der Waals surface area contributed by atoms with Gasteiger partial charge in [-0.2, -0.15) is 8.78 Å². The van der Waals surface area contributed by atoms with Crippen molar-refractivity contribution < 1.29 is 27.9 Å². The first kappa shape index (κ1) is 22.8. The van der Waals surface area contributed by atoms with Crippen molar-refractivity contribution in [3.05, 3.63) is 59.2 Å². The van der Waals surface area contributed by atoms with Crippen LogP contribution in [-0.2, 0) is 9.59 Å². The molecule has 0 radical (unpaired) electrons. The predicted octanol–water partition coefficient (Wildman–Crippen LogP) is 2.73. The number of nitrogens with zero attached hydrogens (tertiary/aromatic N) is 1. The van der Waals surface area contributed by atoms with Crippen LogP contribution in [0.2, 0.25) is 0 Å². The molecule has 3 amide bonds. The van der Waals surface area contributed by atoms with Crippen LogP contribution >= 0.6 is 0 Å². The highest BCUT2D eigenvalue weighted by atomic mass is 19.3. The summed E-state index contributed by atoms with van der Waals surface area (Å²) in [5.41, 5.74) is 2.41. The molecule has 2 N–H and O–H groups in total. The number of rotatable bonds is 8. The van der Waals surface area contributed by atoms with E-state index < -0.39 is 25.0 Å². The van der Waals surface area contributed by atoms with Gasteiger partial charge in [-0.1, -0.05) is 24.3 Å². The SMILES string of the molecule is Cc1ccc(C)c(NC(=O)CN(C)C(=O)CNC(=O)c2ccccc2OC(F)F)c1. The Hall–Kier alpha value is -3.49. The molecule has 30 heavy (non-hydrogen) atoms. The Morgan fingerprint density at radius 3 is 2.50 bits per heavy atom. The van der Waals surface area contributed by atoms with Crippen LogP contribution in [0.3, 0.4) is 0 Å². The molecule has 0 saturated carbocycles. The van der Waals surface area contributed by atoms with Crippen molar-refractivity contribution in [1.82, 2.24) is 10.2 Å². The predicted molar refractivity (Wildman–Crippen MR) is 108 cm³/mol. The second kappa shape index (κ2) is 10.3. The van der Waals surface area contributed by atoms with Gasteiger partial charge in [0.15, 0.2) is 0 Å². The number of amides is 3. The van der Waals surface area contributed by atoms with Gasteiger partial charge >= 0.3 is 6.61 Å². The van der Waals surface area contributed by atoms with Crippen LogP contribution in [-0.4, -0.2) is 49.4 Å². The molecule has 160 valence electrons. The van der Waals surface area contributed by atoms with E-state index in [1.807, 2.05) is 32.0 Å². The minimum Gasteiger partial charge on any atom is -0.434 e. The number of ether oxygens (including phenoxy) is 1. The van der Waals surface area contributed by atoms with Crippen molar-refractivity contribution in [2.45, 2.75) is 20.5 Å². The molecule has 2 aromatic rings. The number of aryl methyl sites for hydroxylation is 2. The first-order valence-corrected chi connectivity index (χ1v) is 9.10. The van der Waals surface area contributed by atoms with Crippen LogP contribution in [0.25, 0.3) is 0 Å². The molecule has 7 nitrogen and oxygen atoms in total. The summed E-state index contributed by atoms with van der Waals surface area (Å²) in [6.07, 6.45) is 0. The summed E-state index contributed by atoms with van der Waals surface area (Å²) in [5, 5.41) is 5.09. The number of halogens is 2. The second-order valence-corrected chi connectivity index (χ2v) is 6.67. The lowest BCUT2D eigenvalue weighted by molar-refractivity contribution is -0.132. The minimum atomic E-state index is -3.08. The van der Waals surface area contributed by atoms with Crippen LogP contribution in [0.15, 0.2) is 42.5 Å². The van der Waals surface area contributed by atoms with Crippen LogP contribution in [0.5, 0.6) is 5.75 Å². The Morgan fingerprint density at radius 1 is 1.10 bits per heavy atom. The first-order chi connectivity index (χ1) is 14.2. The number of anilines is 1. The number of carbonyl (C=O) groups excluding carboxylic acids is 3. The first-order valence-electron chi connectivity index (χ1n) is 9.10. The fourth-order valence-electron chi connectivity index (χ4n) is 2.60. The lowest BCUT2D eigenvalue weighted by atomic mass is 10.1. The molecule has 9 heteroatoms. The maximum absolute atomic E-state index is 12.5. The third-order valence-electron chi connectivity index (χ3n) is 4.22. The second-order valence-electron chi connectivity index (χ2n) is 6.67. The third-order valence-corrected chi connectivity index (χ3v) is 4.22. The van der Waals surface area contributed by atoms with Gasteiger partial charge in [0.25, 0.3) is 5.91 Å². The summed E-state index contributed by atoms with van der Waals surface area (Å²) in [6.45, 7) is 0.0529. The molecule has 0 atom stereocenters. The van der Waals surface area contributed by atoms with Crippen molar-refractivity contribution in [1.29, 1.82) is 0 Å². The number of alkyl halides is 2. The maximum atomic E-state index is 12.5. The van der Waals surface area contributed by atoms with E-state index in [0.717, 1.165) is 16.0 Å². The highest BCUT2D eigenvalue weighted by molar-refractivity contribution is 5.99. The van der Waals surface area contributed by atoms with E-state index in [9.17, 15) is 23.2 Å². The average molecular weight is 419 g/mol. The van der Waals surface area contributed by atoms with Gasteiger partial charge in [-0.15, -0.1) is 0 Å². The van der Waals surface area contributed by atoms with Gasteiger partial charge in [0.1, 0.15) is 5.75 Å². The number of hydrogen-bond acceptors (Lipinski definition) is 4. The van der Waals surface area contributed by atoms with E-state index in [2.05, 4.69) is 15.4 Å². The summed E-state index contributed by atoms with van der Waals surface area (Å²) in [5.74, 6) is -1.94. The molecule has 0 aliphatic heterocycles. The number of hydrogen-bond donors (Lipinski definition) is 2. The molecule has 2 rings (SSSR count). The van der Waals surface area contributed by atoms with Gasteiger partial charge in [-0.3, -0.25) is 14.4 Å². The zero-order valence-electron chi connectivity index (χ0n) is 16.9. The molecule has 0 unspecified atom stereocenters. The van der Waals surface area contributed by atoms with E-state index in [1.54, 1.807) is 0 Å². The molecule has 0 fully saturated rings. The summed E-state index contributed by atoms with van der Waals surface area (Å²) >= 11 is 0. The van der Waals surface area contributed by atoms with Crippen molar-refractivity contribution >= 4 is 23.4 Å². The topological polar surface area (TPSA) is 87.7 Å². The molecular formula is C21H23F2N3O4. The van der Waals surface area contributed by atoms with Crippen molar-refractivity contribution in [2.75, 3.05) is 25.5 Å². The molecule has 0 aliphatic carbocycles. The molecule has 0 aromatic heterocycles. The normalized spacial score (nSPS) is 10.5.